The van der Waals surface area contributed by atoms with Crippen molar-refractivity contribution >= 4 is 22.9 Å². The average Bonchev–Trinajstić information content (AvgIpc) is 3.13. The Bertz CT molecular complexity index is 631. The predicted molar refractivity (Wildman–Crippen MR) is 72.0 cm³/mol. The Labute approximate surface area is 115 Å². The summed E-state index contributed by atoms with van der Waals surface area (Å²) in [5, 5.41) is 11.5. The fourth-order valence-electron chi connectivity index (χ4n) is 2.32. The summed E-state index contributed by atoms with van der Waals surface area (Å²) in [7, 11) is 0. The lowest BCUT2D eigenvalue weighted by Crippen LogP contribution is -2.28. The number of fused-ring (bicyclic) bond motifs is 1. The van der Waals surface area contributed by atoms with E-state index in [0.29, 0.717) is 19.4 Å². The highest BCUT2D eigenvalue weighted by Crippen LogP contribution is 2.38. The summed E-state index contributed by atoms with van der Waals surface area (Å²) in [5.41, 5.74) is 1.88. The Kier molecular flexibility index (Phi) is 3.14. The number of rotatable bonds is 5. The van der Waals surface area contributed by atoms with Crippen LogP contribution in [0.4, 0.5) is 0 Å². The van der Waals surface area contributed by atoms with Gasteiger partial charge < -0.3 is 15.4 Å². The van der Waals surface area contributed by atoms with E-state index in [4.69, 9.17) is 5.11 Å². The number of carboxylic acids is 1. The van der Waals surface area contributed by atoms with Gasteiger partial charge in [-0.05, 0) is 18.6 Å². The molecule has 0 saturated heterocycles. The Hall–Kier alpha value is -2.37. The maximum Gasteiger partial charge on any atom is 0.307 e. The van der Waals surface area contributed by atoms with Crippen molar-refractivity contribution in [2.24, 2.45) is 11.8 Å². The van der Waals surface area contributed by atoms with Crippen LogP contribution in [0.2, 0.25) is 0 Å². The number of nitrogens with zero attached hydrogens (tertiary/aromatic N) is 1. The molecule has 1 heterocycles. The molecule has 2 unspecified atom stereocenters. The molecule has 1 aromatic carbocycles. The predicted octanol–water partition coefficient (Wildman–Crippen LogP) is 0.942. The molecule has 0 aliphatic heterocycles. The lowest BCUT2D eigenvalue weighted by Gasteiger charge is -2.02. The summed E-state index contributed by atoms with van der Waals surface area (Å²) in [6, 6.07) is 7.74. The average molecular weight is 273 g/mol. The third-order valence-electron chi connectivity index (χ3n) is 3.54. The molecule has 2 aromatic rings. The van der Waals surface area contributed by atoms with E-state index in [0.717, 1.165) is 16.9 Å². The molecule has 1 aliphatic carbocycles. The molecular weight excluding hydrogens is 258 g/mol. The van der Waals surface area contributed by atoms with Crippen LogP contribution in [0.1, 0.15) is 12.2 Å². The summed E-state index contributed by atoms with van der Waals surface area (Å²) in [6.45, 7) is 0.460. The smallest absolute Gasteiger partial charge is 0.307 e. The number of para-hydroxylation sites is 2. The third kappa shape index (κ3) is 2.49. The zero-order valence-electron chi connectivity index (χ0n) is 10.8. The van der Waals surface area contributed by atoms with Gasteiger partial charge in [0.25, 0.3) is 0 Å². The van der Waals surface area contributed by atoms with E-state index in [9.17, 15) is 9.59 Å². The van der Waals surface area contributed by atoms with Crippen LogP contribution in [-0.2, 0) is 16.0 Å². The number of hydrogen-bond acceptors (Lipinski definition) is 3. The highest BCUT2D eigenvalue weighted by Gasteiger charge is 2.48. The number of carbonyl (C=O) groups is 2. The minimum Gasteiger partial charge on any atom is -0.481 e. The molecule has 3 N–H and O–H groups in total. The first-order valence-corrected chi connectivity index (χ1v) is 6.59. The summed E-state index contributed by atoms with van der Waals surface area (Å²) < 4.78 is 0. The van der Waals surface area contributed by atoms with Gasteiger partial charge in [0.05, 0.1) is 22.9 Å². The van der Waals surface area contributed by atoms with E-state index in [2.05, 4.69) is 15.3 Å². The van der Waals surface area contributed by atoms with Crippen molar-refractivity contribution in [2.75, 3.05) is 6.54 Å². The fraction of sp³-hybridized carbons (Fsp3) is 0.357. The highest BCUT2D eigenvalue weighted by atomic mass is 16.4. The highest BCUT2D eigenvalue weighted by molar-refractivity contribution is 5.89. The van der Waals surface area contributed by atoms with Crippen LogP contribution >= 0.6 is 0 Å². The molecule has 0 bridgehead atoms. The lowest BCUT2D eigenvalue weighted by atomic mass is 10.3. The van der Waals surface area contributed by atoms with Gasteiger partial charge in [-0.25, -0.2) is 4.98 Å². The van der Waals surface area contributed by atoms with Crippen molar-refractivity contribution < 1.29 is 14.7 Å². The van der Waals surface area contributed by atoms with Crippen molar-refractivity contribution in [1.29, 1.82) is 0 Å². The first-order valence-electron chi connectivity index (χ1n) is 6.59. The summed E-state index contributed by atoms with van der Waals surface area (Å²) in [6.07, 6.45) is 1.05. The molecule has 6 nitrogen and oxygen atoms in total. The minimum atomic E-state index is -0.887. The molecule has 2 atom stereocenters. The van der Waals surface area contributed by atoms with Gasteiger partial charge in [-0.15, -0.1) is 0 Å². The molecule has 0 radical (unpaired) electrons. The normalized spacial score (nSPS) is 20.8. The molecule has 6 heteroatoms. The maximum atomic E-state index is 11.7. The first kappa shape index (κ1) is 12.7. The maximum absolute atomic E-state index is 11.7. The van der Waals surface area contributed by atoms with E-state index in [1.807, 2.05) is 24.3 Å². The number of nitrogens with one attached hydrogen (secondary N) is 2. The monoisotopic (exact) mass is 273 g/mol. The standard InChI is InChI=1S/C14H15N3O3/c18-13(8-7-9(8)14(19)20)15-6-5-12-16-10-3-1-2-4-11(10)17-12/h1-4,8-9H,5-7H2,(H,15,18)(H,16,17)(H,19,20). The molecule has 0 spiro atoms. The molecule has 20 heavy (non-hydrogen) atoms. The zero-order chi connectivity index (χ0) is 14.1. The van der Waals surface area contributed by atoms with E-state index in [1.165, 1.54) is 0 Å². The van der Waals surface area contributed by atoms with Gasteiger partial charge in [0.1, 0.15) is 5.82 Å². The summed E-state index contributed by atoms with van der Waals surface area (Å²) in [5.74, 6) is -1.10. The number of hydrogen-bond donors (Lipinski definition) is 3. The van der Waals surface area contributed by atoms with Crippen LogP contribution in [0.5, 0.6) is 0 Å². The molecule has 1 aliphatic rings. The number of carboxylic acid groups (broad SMARTS) is 1. The number of imidazole rings is 1. The number of aliphatic carboxylic acids is 1. The van der Waals surface area contributed by atoms with Crippen molar-refractivity contribution in [3.63, 3.8) is 0 Å². The third-order valence-corrected chi connectivity index (χ3v) is 3.54. The number of aromatic amines is 1. The van der Waals surface area contributed by atoms with E-state index in [1.54, 1.807) is 0 Å². The van der Waals surface area contributed by atoms with Gasteiger partial charge in [0.2, 0.25) is 5.91 Å². The van der Waals surface area contributed by atoms with E-state index < -0.39 is 11.9 Å². The number of amides is 1. The second kappa shape index (κ2) is 4.96. The Morgan fingerprint density at radius 1 is 1.35 bits per heavy atom. The molecule has 1 aromatic heterocycles. The largest absolute Gasteiger partial charge is 0.481 e. The summed E-state index contributed by atoms with van der Waals surface area (Å²) in [4.78, 5) is 30.0. The number of H-pyrrole nitrogens is 1. The van der Waals surface area contributed by atoms with Crippen LogP contribution in [0.25, 0.3) is 11.0 Å². The number of aromatic nitrogens is 2. The van der Waals surface area contributed by atoms with Crippen molar-refractivity contribution in [3.8, 4) is 0 Å². The number of benzene rings is 1. The fourth-order valence-corrected chi connectivity index (χ4v) is 2.32. The molecule has 104 valence electrons. The SMILES string of the molecule is O=C(O)C1CC1C(=O)NCCc1nc2ccccc2[nH]1. The van der Waals surface area contributed by atoms with Crippen molar-refractivity contribution in [3.05, 3.63) is 30.1 Å². The molecular formula is C14H15N3O3. The van der Waals surface area contributed by atoms with Crippen LogP contribution < -0.4 is 5.32 Å². The zero-order valence-corrected chi connectivity index (χ0v) is 10.8. The van der Waals surface area contributed by atoms with Gasteiger partial charge in [0, 0.05) is 13.0 Å². The van der Waals surface area contributed by atoms with Crippen molar-refractivity contribution in [1.82, 2.24) is 15.3 Å². The summed E-state index contributed by atoms with van der Waals surface area (Å²) >= 11 is 0. The second-order valence-corrected chi connectivity index (χ2v) is 5.03. The van der Waals surface area contributed by atoms with E-state index >= 15 is 0 Å². The van der Waals surface area contributed by atoms with Crippen molar-refractivity contribution in [2.45, 2.75) is 12.8 Å². The Morgan fingerprint density at radius 3 is 2.85 bits per heavy atom. The molecule has 3 rings (SSSR count). The number of carbonyl (C=O) groups excluding carboxylic acids is 1. The van der Waals surface area contributed by atoms with Crippen LogP contribution in [0.15, 0.2) is 24.3 Å². The van der Waals surface area contributed by atoms with Crippen LogP contribution in [-0.4, -0.2) is 33.5 Å². The first-order chi connectivity index (χ1) is 9.65. The quantitative estimate of drug-likeness (QED) is 0.755. The minimum absolute atomic E-state index is 0.173. The van der Waals surface area contributed by atoms with Crippen LogP contribution in [0, 0.1) is 11.8 Å². The van der Waals surface area contributed by atoms with Gasteiger partial charge in [-0.2, -0.15) is 0 Å². The van der Waals surface area contributed by atoms with Gasteiger partial charge in [-0.1, -0.05) is 12.1 Å². The second-order valence-electron chi connectivity index (χ2n) is 5.03. The Balaban J connectivity index is 1.50. The molecule has 1 saturated carbocycles. The lowest BCUT2D eigenvalue weighted by molar-refractivity contribution is -0.140. The topological polar surface area (TPSA) is 95.1 Å². The van der Waals surface area contributed by atoms with E-state index in [-0.39, 0.29) is 11.8 Å². The van der Waals surface area contributed by atoms with Gasteiger partial charge in [0.15, 0.2) is 0 Å². The molecule has 1 amide bonds. The van der Waals surface area contributed by atoms with Gasteiger partial charge >= 0.3 is 5.97 Å². The van der Waals surface area contributed by atoms with Gasteiger partial charge in [-0.3, -0.25) is 9.59 Å². The Morgan fingerprint density at radius 2 is 2.15 bits per heavy atom. The molecule has 1 fully saturated rings. The van der Waals surface area contributed by atoms with Crippen LogP contribution in [0.3, 0.4) is 0 Å².